The van der Waals surface area contributed by atoms with Crippen molar-refractivity contribution in [2.24, 2.45) is 0 Å². The van der Waals surface area contributed by atoms with Crippen LogP contribution < -0.4 is 19.8 Å². The second-order valence-corrected chi connectivity index (χ2v) is 9.56. The van der Waals surface area contributed by atoms with Crippen LogP contribution in [0.2, 0.25) is 5.02 Å². The first-order valence-corrected chi connectivity index (χ1v) is 13.0. The largest absolute Gasteiger partial charge is 0.490 e. The van der Waals surface area contributed by atoms with Crippen molar-refractivity contribution in [1.29, 1.82) is 0 Å². The third kappa shape index (κ3) is 4.33. The number of fused-ring (bicyclic) bond motifs is 2. The first-order chi connectivity index (χ1) is 17.5. The quantitative estimate of drug-likeness (QED) is 0.247. The van der Waals surface area contributed by atoms with Crippen LogP contribution in [0.1, 0.15) is 60.8 Å². The summed E-state index contributed by atoms with van der Waals surface area (Å²) < 4.78 is 17.8. The molecule has 1 aliphatic heterocycles. The fraction of sp³-hybridized carbons (Fsp3) is 0.308. The van der Waals surface area contributed by atoms with Crippen LogP contribution >= 0.6 is 22.9 Å². The van der Waals surface area contributed by atoms with E-state index in [2.05, 4.69) is 17.1 Å². The number of nitrogens with zero attached hydrogens (tertiary/aromatic N) is 3. The molecule has 2 aromatic carbocycles. The maximum atomic E-state index is 13.7. The van der Waals surface area contributed by atoms with Crippen LogP contribution in [0.3, 0.4) is 0 Å². The van der Waals surface area contributed by atoms with Crippen LogP contribution in [0, 0.1) is 0 Å². The molecule has 5 rings (SSSR count). The molecule has 1 amide bonds. The number of hydrogen-bond acceptors (Lipinski definition) is 8. The minimum Gasteiger partial charge on any atom is -0.490 e. The topological polar surface area (TPSA) is 94.8 Å². The number of ether oxygens (including phenoxy) is 2. The summed E-state index contributed by atoms with van der Waals surface area (Å²) in [5.41, 5.74) is 2.39. The predicted molar refractivity (Wildman–Crippen MR) is 139 cm³/mol. The minimum atomic E-state index is -0.784. The molecule has 8 nitrogen and oxygen atoms in total. The van der Waals surface area contributed by atoms with E-state index in [1.165, 1.54) is 21.7 Å². The van der Waals surface area contributed by atoms with Crippen LogP contribution in [-0.2, 0) is 0 Å². The third-order valence-corrected chi connectivity index (χ3v) is 6.90. The van der Waals surface area contributed by atoms with E-state index in [0.29, 0.717) is 51.4 Å². The summed E-state index contributed by atoms with van der Waals surface area (Å²) in [5.74, 6) is 0.672. The minimum absolute atomic E-state index is 0.0205. The summed E-state index contributed by atoms with van der Waals surface area (Å²) in [5, 5.41) is 9.07. The van der Waals surface area contributed by atoms with Gasteiger partial charge >= 0.3 is 0 Å². The number of hydrogen-bond donors (Lipinski definition) is 0. The first-order valence-electron chi connectivity index (χ1n) is 11.8. The summed E-state index contributed by atoms with van der Waals surface area (Å²) in [6.45, 7) is 5.03. The average Bonchev–Trinajstić information content (AvgIpc) is 3.50. The van der Waals surface area contributed by atoms with E-state index in [1.807, 2.05) is 19.1 Å². The fourth-order valence-electron chi connectivity index (χ4n) is 4.35. The smallest absolute Gasteiger partial charge is 0.297 e. The number of amides is 1. The summed E-state index contributed by atoms with van der Waals surface area (Å²) in [6.07, 6.45) is 3.11. The van der Waals surface area contributed by atoms with Gasteiger partial charge in [-0.3, -0.25) is 14.5 Å². The fourth-order valence-corrected chi connectivity index (χ4v) is 5.10. The highest BCUT2D eigenvalue weighted by atomic mass is 35.5. The molecule has 0 saturated carbocycles. The predicted octanol–water partition coefficient (Wildman–Crippen LogP) is 6.02. The molecule has 36 heavy (non-hydrogen) atoms. The van der Waals surface area contributed by atoms with Crippen LogP contribution in [0.4, 0.5) is 5.13 Å². The van der Waals surface area contributed by atoms with Crippen molar-refractivity contribution < 1.29 is 18.7 Å². The van der Waals surface area contributed by atoms with Gasteiger partial charge in [0.15, 0.2) is 16.9 Å². The maximum Gasteiger partial charge on any atom is 0.297 e. The molecule has 3 heterocycles. The maximum absolute atomic E-state index is 13.7. The molecule has 186 valence electrons. The Kier molecular flexibility index (Phi) is 6.93. The molecular formula is C26H24ClN3O5S. The van der Waals surface area contributed by atoms with Gasteiger partial charge in [-0.25, -0.2) is 0 Å². The SMILES string of the molecule is CCCCCOc1ccc(C2c3c(oc4ccc(Cl)cc4c3=O)C(=O)N2c2nncs2)cc1OCC. The number of halogens is 1. The molecule has 0 fully saturated rings. The van der Waals surface area contributed by atoms with Gasteiger partial charge in [-0.05, 0) is 49.2 Å². The van der Waals surface area contributed by atoms with Crippen LogP contribution in [0.15, 0.2) is 51.1 Å². The molecule has 0 bridgehead atoms. The van der Waals surface area contributed by atoms with Gasteiger partial charge in [0.25, 0.3) is 5.91 Å². The van der Waals surface area contributed by atoms with Crippen molar-refractivity contribution in [2.75, 3.05) is 18.1 Å². The molecule has 1 unspecified atom stereocenters. The van der Waals surface area contributed by atoms with Crippen LogP contribution in [0.5, 0.6) is 11.5 Å². The zero-order valence-corrected chi connectivity index (χ0v) is 21.4. The Hall–Kier alpha value is -3.43. The number of benzene rings is 2. The molecule has 10 heteroatoms. The zero-order valence-electron chi connectivity index (χ0n) is 19.8. The van der Waals surface area contributed by atoms with Crippen LogP contribution in [0.25, 0.3) is 11.0 Å². The Morgan fingerprint density at radius 3 is 2.69 bits per heavy atom. The highest BCUT2D eigenvalue weighted by Crippen LogP contribution is 2.43. The van der Waals surface area contributed by atoms with Gasteiger partial charge in [-0.2, -0.15) is 0 Å². The Morgan fingerprint density at radius 2 is 1.94 bits per heavy atom. The lowest BCUT2D eigenvalue weighted by Gasteiger charge is -2.23. The number of carbonyl (C=O) groups excluding carboxylic acids is 1. The van der Waals surface area contributed by atoms with E-state index < -0.39 is 11.9 Å². The lowest BCUT2D eigenvalue weighted by Crippen LogP contribution is -2.29. The molecule has 1 atom stereocenters. The van der Waals surface area contributed by atoms with Gasteiger partial charge in [0.1, 0.15) is 11.1 Å². The summed E-state index contributed by atoms with van der Waals surface area (Å²) in [7, 11) is 0. The van der Waals surface area contributed by atoms with Gasteiger partial charge in [0.05, 0.1) is 30.2 Å². The average molecular weight is 526 g/mol. The van der Waals surface area contributed by atoms with Gasteiger partial charge in [-0.1, -0.05) is 48.8 Å². The number of unbranched alkanes of at least 4 members (excludes halogenated alkanes) is 2. The highest BCUT2D eigenvalue weighted by Gasteiger charge is 2.45. The number of aromatic nitrogens is 2. The molecule has 0 N–H and O–H groups in total. The van der Waals surface area contributed by atoms with E-state index >= 15 is 0 Å². The lowest BCUT2D eigenvalue weighted by atomic mass is 9.98. The van der Waals surface area contributed by atoms with Crippen molar-refractivity contribution in [3.8, 4) is 11.5 Å². The van der Waals surface area contributed by atoms with Crippen molar-refractivity contribution >= 4 is 44.9 Å². The second-order valence-electron chi connectivity index (χ2n) is 8.31. The first kappa shape index (κ1) is 24.3. The number of rotatable bonds is 9. The molecule has 0 saturated heterocycles. The normalized spacial score (nSPS) is 14.9. The van der Waals surface area contributed by atoms with E-state index in [1.54, 1.807) is 24.3 Å². The summed E-state index contributed by atoms with van der Waals surface area (Å²) in [6, 6.07) is 9.43. The summed E-state index contributed by atoms with van der Waals surface area (Å²) >= 11 is 7.36. The monoisotopic (exact) mass is 525 g/mol. The van der Waals surface area contributed by atoms with Gasteiger partial charge in [0.2, 0.25) is 10.9 Å². The van der Waals surface area contributed by atoms with Crippen molar-refractivity contribution in [3.63, 3.8) is 0 Å². The molecular weight excluding hydrogens is 502 g/mol. The van der Waals surface area contributed by atoms with E-state index in [9.17, 15) is 9.59 Å². The Balaban J connectivity index is 1.66. The molecule has 0 spiro atoms. The van der Waals surface area contributed by atoms with Gasteiger partial charge in [0, 0.05) is 5.02 Å². The molecule has 1 aliphatic rings. The van der Waals surface area contributed by atoms with E-state index in [-0.39, 0.29) is 16.8 Å². The van der Waals surface area contributed by atoms with Gasteiger partial charge in [-0.15, -0.1) is 10.2 Å². The van der Waals surface area contributed by atoms with Crippen LogP contribution in [-0.4, -0.2) is 29.3 Å². The van der Waals surface area contributed by atoms with Crippen molar-refractivity contribution in [3.05, 3.63) is 74.0 Å². The standard InChI is InChI=1S/C26H24ClN3O5S/c1-3-5-6-11-34-19-9-7-15(12-20(19)33-4-2)22-21-23(31)17-13-16(27)8-10-18(17)35-24(21)25(32)30(22)26-29-28-14-36-26/h7-10,12-14,22H,3-6,11H2,1-2H3. The second kappa shape index (κ2) is 10.3. The summed E-state index contributed by atoms with van der Waals surface area (Å²) in [4.78, 5) is 28.7. The molecule has 0 aliphatic carbocycles. The molecule has 2 aromatic heterocycles. The zero-order chi connectivity index (χ0) is 25.2. The Bertz CT molecular complexity index is 1470. The third-order valence-electron chi connectivity index (χ3n) is 5.98. The van der Waals surface area contributed by atoms with Gasteiger partial charge < -0.3 is 13.9 Å². The van der Waals surface area contributed by atoms with Crippen molar-refractivity contribution in [2.45, 2.75) is 39.2 Å². The Morgan fingerprint density at radius 1 is 1.08 bits per heavy atom. The van der Waals surface area contributed by atoms with Crippen molar-refractivity contribution in [1.82, 2.24) is 10.2 Å². The van der Waals surface area contributed by atoms with E-state index in [0.717, 1.165) is 19.3 Å². The van der Waals surface area contributed by atoms with E-state index in [4.69, 9.17) is 25.5 Å². The lowest BCUT2D eigenvalue weighted by molar-refractivity contribution is 0.0970. The molecule has 0 radical (unpaired) electrons. The highest BCUT2D eigenvalue weighted by molar-refractivity contribution is 7.13. The molecule has 4 aromatic rings. The number of carbonyl (C=O) groups is 1. The Labute approximate surface area is 216 Å². The number of anilines is 1.